The van der Waals surface area contributed by atoms with Gasteiger partial charge in [-0.1, -0.05) is 90.1 Å². The number of Topliss-reactive ketones (excluding diaryl/α,β-unsaturated/α-hetero) is 1. The van der Waals surface area contributed by atoms with Gasteiger partial charge in [-0.3, -0.25) is 9.08 Å². The standard InChI is InChI=1S/C26H21NO5S/c1-31-24-17-16-23(21-14-8-9-15-22(21)24)26(28)25(20-12-6-3-7-13-20)27-32-33(29,30)18-19-10-4-2-5-11-19/h2-17H,18H2,1H3/b27-25+. The molecule has 0 heterocycles. The van der Waals surface area contributed by atoms with Crippen LogP contribution in [0.3, 0.4) is 0 Å². The molecule has 0 bridgehead atoms. The summed E-state index contributed by atoms with van der Waals surface area (Å²) in [6, 6.07) is 27.9. The first kappa shape index (κ1) is 22.2. The Morgan fingerprint density at radius 1 is 0.788 bits per heavy atom. The first-order valence-corrected chi connectivity index (χ1v) is 11.8. The fraction of sp³-hybridized carbons (Fsp3) is 0.0769. The molecule has 0 atom stereocenters. The van der Waals surface area contributed by atoms with E-state index in [9.17, 15) is 13.2 Å². The van der Waals surface area contributed by atoms with Crippen molar-refractivity contribution in [3.05, 3.63) is 114 Å². The van der Waals surface area contributed by atoms with Crippen LogP contribution in [-0.4, -0.2) is 27.0 Å². The number of ketones is 1. The Kier molecular flexibility index (Phi) is 6.51. The minimum Gasteiger partial charge on any atom is -0.496 e. The summed E-state index contributed by atoms with van der Waals surface area (Å²) < 4.78 is 35.4. The Morgan fingerprint density at radius 2 is 1.39 bits per heavy atom. The number of fused-ring (bicyclic) bond motifs is 1. The molecule has 0 spiro atoms. The summed E-state index contributed by atoms with van der Waals surface area (Å²) in [5.74, 6) is -0.198. The second-order valence-electron chi connectivity index (χ2n) is 7.26. The van der Waals surface area contributed by atoms with Crippen LogP contribution in [0.2, 0.25) is 0 Å². The summed E-state index contributed by atoms with van der Waals surface area (Å²) in [7, 11) is -2.51. The number of hydrogen-bond donors (Lipinski definition) is 0. The van der Waals surface area contributed by atoms with E-state index in [0.29, 0.717) is 27.8 Å². The summed E-state index contributed by atoms with van der Waals surface area (Å²) in [6.45, 7) is 0. The molecule has 0 saturated heterocycles. The molecule has 4 aromatic carbocycles. The van der Waals surface area contributed by atoms with E-state index in [2.05, 4.69) is 5.16 Å². The zero-order chi connectivity index (χ0) is 23.3. The molecule has 7 heteroatoms. The van der Waals surface area contributed by atoms with Crippen molar-refractivity contribution in [1.82, 2.24) is 0 Å². The van der Waals surface area contributed by atoms with Crippen LogP contribution in [0.1, 0.15) is 21.5 Å². The van der Waals surface area contributed by atoms with Gasteiger partial charge >= 0.3 is 10.1 Å². The largest absolute Gasteiger partial charge is 0.496 e. The molecule has 33 heavy (non-hydrogen) atoms. The average molecular weight is 460 g/mol. The van der Waals surface area contributed by atoms with Crippen molar-refractivity contribution in [3.63, 3.8) is 0 Å². The smallest absolute Gasteiger partial charge is 0.332 e. The second kappa shape index (κ2) is 9.67. The van der Waals surface area contributed by atoms with Crippen LogP contribution in [0.5, 0.6) is 5.75 Å². The van der Waals surface area contributed by atoms with E-state index in [4.69, 9.17) is 9.02 Å². The van der Waals surface area contributed by atoms with E-state index in [1.807, 2.05) is 18.2 Å². The van der Waals surface area contributed by atoms with Gasteiger partial charge in [0, 0.05) is 16.5 Å². The third-order valence-electron chi connectivity index (χ3n) is 5.04. The minimum absolute atomic E-state index is 0.109. The number of oxime groups is 1. The Bertz CT molecular complexity index is 1420. The topological polar surface area (TPSA) is 82.0 Å². The van der Waals surface area contributed by atoms with Crippen molar-refractivity contribution in [1.29, 1.82) is 0 Å². The van der Waals surface area contributed by atoms with Gasteiger partial charge in [0.25, 0.3) is 0 Å². The van der Waals surface area contributed by atoms with Crippen LogP contribution < -0.4 is 4.74 Å². The van der Waals surface area contributed by atoms with Crippen molar-refractivity contribution < 1.29 is 22.2 Å². The Morgan fingerprint density at radius 3 is 2.06 bits per heavy atom. The lowest BCUT2D eigenvalue weighted by atomic mass is 9.95. The first-order chi connectivity index (χ1) is 16.0. The number of rotatable bonds is 8. The monoisotopic (exact) mass is 459 g/mol. The highest BCUT2D eigenvalue weighted by Gasteiger charge is 2.22. The molecule has 0 fully saturated rings. The van der Waals surface area contributed by atoms with Crippen molar-refractivity contribution in [2.45, 2.75) is 5.75 Å². The molecule has 166 valence electrons. The molecule has 0 amide bonds. The van der Waals surface area contributed by atoms with Crippen LogP contribution in [-0.2, 0) is 20.2 Å². The van der Waals surface area contributed by atoms with Gasteiger partial charge in [-0.05, 0) is 23.1 Å². The molecule has 0 aliphatic heterocycles. The maximum Gasteiger partial charge on any atom is 0.332 e. The van der Waals surface area contributed by atoms with Crippen LogP contribution in [0.4, 0.5) is 0 Å². The Hall–Kier alpha value is -3.97. The lowest BCUT2D eigenvalue weighted by Gasteiger charge is -2.11. The van der Waals surface area contributed by atoms with Crippen molar-refractivity contribution >= 4 is 32.4 Å². The number of methoxy groups -OCH3 is 1. The summed E-state index contributed by atoms with van der Waals surface area (Å²) in [5, 5.41) is 5.26. The molecule has 6 nitrogen and oxygen atoms in total. The van der Waals surface area contributed by atoms with E-state index in [1.54, 1.807) is 86.0 Å². The summed E-state index contributed by atoms with van der Waals surface area (Å²) in [5.41, 5.74) is 1.25. The van der Waals surface area contributed by atoms with Gasteiger partial charge in [0.2, 0.25) is 5.78 Å². The minimum atomic E-state index is -4.07. The van der Waals surface area contributed by atoms with Gasteiger partial charge < -0.3 is 4.74 Å². The molecule has 4 rings (SSSR count). The van der Waals surface area contributed by atoms with Crippen molar-refractivity contribution in [2.24, 2.45) is 5.16 Å². The number of nitrogens with zero attached hydrogens (tertiary/aromatic N) is 1. The van der Waals surface area contributed by atoms with E-state index >= 15 is 0 Å². The highest BCUT2D eigenvalue weighted by molar-refractivity contribution is 7.85. The Balaban J connectivity index is 1.75. The summed E-state index contributed by atoms with van der Waals surface area (Å²) in [4.78, 5) is 13.6. The van der Waals surface area contributed by atoms with Crippen LogP contribution >= 0.6 is 0 Å². The normalized spacial score (nSPS) is 11.8. The quantitative estimate of drug-likeness (QED) is 0.211. The molecule has 0 unspecified atom stereocenters. The van der Waals surface area contributed by atoms with Crippen molar-refractivity contribution in [2.75, 3.05) is 7.11 Å². The van der Waals surface area contributed by atoms with Gasteiger partial charge in [-0.15, -0.1) is 0 Å². The second-order valence-corrected chi connectivity index (χ2v) is 8.81. The molecule has 0 radical (unpaired) electrons. The number of carbonyl (C=O) groups is 1. The maximum atomic E-state index is 13.6. The molecule has 0 saturated carbocycles. The maximum absolute atomic E-state index is 13.6. The average Bonchev–Trinajstić information content (AvgIpc) is 2.84. The summed E-state index contributed by atoms with van der Waals surface area (Å²) in [6.07, 6.45) is 0. The molecular formula is C26H21NO5S. The third kappa shape index (κ3) is 5.10. The predicted octanol–water partition coefficient (Wildman–Crippen LogP) is 4.98. The molecule has 0 aliphatic carbocycles. The summed E-state index contributed by atoms with van der Waals surface area (Å²) >= 11 is 0. The third-order valence-corrected chi connectivity index (χ3v) is 6.03. The molecule has 0 aromatic heterocycles. The van der Waals surface area contributed by atoms with Crippen LogP contribution in [0.25, 0.3) is 10.8 Å². The van der Waals surface area contributed by atoms with Crippen molar-refractivity contribution in [3.8, 4) is 5.75 Å². The highest BCUT2D eigenvalue weighted by atomic mass is 32.2. The molecule has 4 aromatic rings. The van der Waals surface area contributed by atoms with E-state index in [1.165, 1.54) is 0 Å². The van der Waals surface area contributed by atoms with Crippen LogP contribution in [0, 0.1) is 0 Å². The van der Waals surface area contributed by atoms with Gasteiger partial charge in [-0.25, -0.2) is 0 Å². The van der Waals surface area contributed by atoms with Gasteiger partial charge in [0.15, 0.2) is 5.71 Å². The zero-order valence-electron chi connectivity index (χ0n) is 17.8. The highest BCUT2D eigenvalue weighted by Crippen LogP contribution is 2.29. The van der Waals surface area contributed by atoms with Gasteiger partial charge in [0.05, 0.1) is 7.11 Å². The Labute approximate surface area is 192 Å². The fourth-order valence-corrected chi connectivity index (χ4v) is 4.34. The zero-order valence-corrected chi connectivity index (χ0v) is 18.7. The lowest BCUT2D eigenvalue weighted by molar-refractivity contribution is 0.106. The number of ether oxygens (including phenoxy) is 1. The molecule has 0 aliphatic rings. The lowest BCUT2D eigenvalue weighted by Crippen LogP contribution is -2.18. The number of benzene rings is 4. The molecular weight excluding hydrogens is 438 g/mol. The van der Waals surface area contributed by atoms with Gasteiger partial charge in [-0.2, -0.15) is 8.42 Å². The van der Waals surface area contributed by atoms with Gasteiger partial charge in [0.1, 0.15) is 11.5 Å². The number of carbonyl (C=O) groups excluding carboxylic acids is 1. The van der Waals surface area contributed by atoms with Crippen LogP contribution in [0.15, 0.2) is 102 Å². The van der Waals surface area contributed by atoms with E-state index in [-0.39, 0.29) is 11.5 Å². The van der Waals surface area contributed by atoms with E-state index < -0.39 is 15.9 Å². The SMILES string of the molecule is COc1ccc(C(=O)/C(=N/OS(=O)(=O)Cc2ccccc2)c2ccccc2)c2ccccc12. The predicted molar refractivity (Wildman–Crippen MR) is 128 cm³/mol. The first-order valence-electron chi connectivity index (χ1n) is 10.2. The van der Waals surface area contributed by atoms with E-state index in [0.717, 1.165) is 5.39 Å². The molecule has 0 N–H and O–H groups in total. The fourth-order valence-electron chi connectivity index (χ4n) is 3.50. The number of hydrogen-bond acceptors (Lipinski definition) is 6.